The van der Waals surface area contributed by atoms with Gasteiger partial charge in [0.1, 0.15) is 5.01 Å². The summed E-state index contributed by atoms with van der Waals surface area (Å²) in [6.07, 6.45) is 2.85. The second kappa shape index (κ2) is 6.27. The third-order valence-corrected chi connectivity index (χ3v) is 5.73. The number of hydrogen-bond acceptors (Lipinski definition) is 4. The standard InChI is InChI=1S/C11H10Br2N2OS2/c1-2-6-4-14-9(17-6)5-15-11(16)7-3-8(12)18-10(7)13/h3-4H,2,5H2,1H3,(H,15,16). The van der Waals surface area contributed by atoms with Crippen LogP contribution < -0.4 is 5.32 Å². The van der Waals surface area contributed by atoms with Crippen LogP contribution in [-0.4, -0.2) is 10.9 Å². The van der Waals surface area contributed by atoms with Gasteiger partial charge in [-0.2, -0.15) is 0 Å². The van der Waals surface area contributed by atoms with Crippen molar-refractivity contribution in [2.75, 3.05) is 0 Å². The number of thiophene rings is 1. The summed E-state index contributed by atoms with van der Waals surface area (Å²) >= 11 is 9.85. The SMILES string of the molecule is CCc1cnc(CNC(=O)c2cc(Br)sc2Br)s1. The highest BCUT2D eigenvalue weighted by Gasteiger charge is 2.13. The van der Waals surface area contributed by atoms with Crippen LogP contribution in [-0.2, 0) is 13.0 Å². The number of thiazole rings is 1. The van der Waals surface area contributed by atoms with Crippen LogP contribution in [0.25, 0.3) is 0 Å². The summed E-state index contributed by atoms with van der Waals surface area (Å²) in [6.45, 7) is 2.57. The number of aromatic nitrogens is 1. The Hall–Kier alpha value is -0.240. The van der Waals surface area contributed by atoms with E-state index in [1.54, 1.807) is 11.3 Å². The summed E-state index contributed by atoms with van der Waals surface area (Å²) in [7, 11) is 0. The van der Waals surface area contributed by atoms with Crippen LogP contribution in [0.4, 0.5) is 0 Å². The molecule has 2 aromatic heterocycles. The molecule has 0 atom stereocenters. The lowest BCUT2D eigenvalue weighted by atomic mass is 10.3. The lowest BCUT2D eigenvalue weighted by molar-refractivity contribution is 0.0950. The summed E-state index contributed by atoms with van der Waals surface area (Å²) in [5.41, 5.74) is 0.652. The minimum Gasteiger partial charge on any atom is -0.345 e. The summed E-state index contributed by atoms with van der Waals surface area (Å²) < 4.78 is 1.77. The van der Waals surface area contributed by atoms with Crippen LogP contribution in [0.2, 0.25) is 0 Å². The van der Waals surface area contributed by atoms with Crippen molar-refractivity contribution in [3.8, 4) is 0 Å². The average Bonchev–Trinajstić information content (AvgIpc) is 2.92. The van der Waals surface area contributed by atoms with Gasteiger partial charge in [0.2, 0.25) is 0 Å². The van der Waals surface area contributed by atoms with E-state index in [0.717, 1.165) is 19.0 Å². The molecule has 0 unspecified atom stereocenters. The minimum absolute atomic E-state index is 0.0860. The number of hydrogen-bond donors (Lipinski definition) is 1. The topological polar surface area (TPSA) is 42.0 Å². The van der Waals surface area contributed by atoms with E-state index in [4.69, 9.17) is 0 Å². The smallest absolute Gasteiger partial charge is 0.253 e. The van der Waals surface area contributed by atoms with Crippen LogP contribution in [0.15, 0.2) is 19.8 Å². The van der Waals surface area contributed by atoms with E-state index in [9.17, 15) is 4.79 Å². The van der Waals surface area contributed by atoms with Crippen molar-refractivity contribution in [2.24, 2.45) is 0 Å². The Morgan fingerprint density at radius 1 is 1.44 bits per heavy atom. The first kappa shape index (κ1) is 14.2. The van der Waals surface area contributed by atoms with Crippen molar-refractivity contribution in [2.45, 2.75) is 19.9 Å². The van der Waals surface area contributed by atoms with Crippen molar-refractivity contribution in [1.82, 2.24) is 10.3 Å². The zero-order valence-corrected chi connectivity index (χ0v) is 14.3. The summed E-state index contributed by atoms with van der Waals surface area (Å²) in [5.74, 6) is -0.0860. The molecule has 0 aliphatic rings. The van der Waals surface area contributed by atoms with E-state index in [2.05, 4.69) is 49.1 Å². The third-order valence-electron chi connectivity index (χ3n) is 2.25. The fourth-order valence-corrected chi connectivity index (χ4v) is 4.93. The number of nitrogens with one attached hydrogen (secondary N) is 1. The lowest BCUT2D eigenvalue weighted by Crippen LogP contribution is -2.22. The van der Waals surface area contributed by atoms with Gasteiger partial charge in [-0.25, -0.2) is 4.98 Å². The molecule has 0 bridgehead atoms. The van der Waals surface area contributed by atoms with Gasteiger partial charge >= 0.3 is 0 Å². The number of carbonyl (C=O) groups is 1. The molecular weight excluding hydrogens is 400 g/mol. The zero-order valence-electron chi connectivity index (χ0n) is 9.50. The Balaban J connectivity index is 1.98. The second-order valence-corrected chi connectivity index (χ2v) is 8.44. The van der Waals surface area contributed by atoms with Gasteiger partial charge in [0.05, 0.1) is 19.7 Å². The number of aryl methyl sites for hydroxylation is 1. The normalized spacial score (nSPS) is 10.6. The highest BCUT2D eigenvalue weighted by molar-refractivity contribution is 9.12. The van der Waals surface area contributed by atoms with Gasteiger partial charge in [-0.1, -0.05) is 6.92 Å². The molecule has 1 N–H and O–H groups in total. The van der Waals surface area contributed by atoms with Crippen LogP contribution in [0.1, 0.15) is 27.2 Å². The monoisotopic (exact) mass is 408 g/mol. The summed E-state index contributed by atoms with van der Waals surface area (Å²) in [6, 6.07) is 1.81. The van der Waals surface area contributed by atoms with Gasteiger partial charge in [-0.15, -0.1) is 22.7 Å². The highest BCUT2D eigenvalue weighted by Crippen LogP contribution is 2.31. The molecule has 0 aromatic carbocycles. The van der Waals surface area contributed by atoms with Gasteiger partial charge < -0.3 is 5.32 Å². The van der Waals surface area contributed by atoms with Crippen LogP contribution in [0.5, 0.6) is 0 Å². The van der Waals surface area contributed by atoms with E-state index in [-0.39, 0.29) is 5.91 Å². The fourth-order valence-electron chi connectivity index (χ4n) is 1.34. The molecule has 18 heavy (non-hydrogen) atoms. The molecule has 0 spiro atoms. The van der Waals surface area contributed by atoms with E-state index >= 15 is 0 Å². The molecule has 0 saturated carbocycles. The molecule has 0 saturated heterocycles. The van der Waals surface area contributed by atoms with Crippen molar-refractivity contribution in [3.05, 3.63) is 35.3 Å². The molecule has 2 aromatic rings. The largest absolute Gasteiger partial charge is 0.345 e. The zero-order chi connectivity index (χ0) is 13.1. The Labute approximate surface area is 130 Å². The fraction of sp³-hybridized carbons (Fsp3) is 0.273. The van der Waals surface area contributed by atoms with Crippen molar-refractivity contribution in [1.29, 1.82) is 0 Å². The van der Waals surface area contributed by atoms with Gasteiger partial charge in [0, 0.05) is 11.1 Å². The lowest BCUT2D eigenvalue weighted by Gasteiger charge is -2.01. The molecule has 0 fully saturated rings. The van der Waals surface area contributed by atoms with E-state index in [1.165, 1.54) is 16.2 Å². The maximum atomic E-state index is 12.0. The molecule has 0 aliphatic carbocycles. The first-order chi connectivity index (χ1) is 8.60. The molecule has 0 radical (unpaired) electrons. The highest BCUT2D eigenvalue weighted by atomic mass is 79.9. The summed E-state index contributed by atoms with van der Waals surface area (Å²) in [4.78, 5) is 17.5. The number of rotatable bonds is 4. The van der Waals surface area contributed by atoms with Gasteiger partial charge in [-0.3, -0.25) is 4.79 Å². The quantitative estimate of drug-likeness (QED) is 0.821. The molecule has 2 rings (SSSR count). The first-order valence-corrected chi connectivity index (χ1v) is 8.48. The molecule has 7 heteroatoms. The van der Waals surface area contributed by atoms with Crippen molar-refractivity contribution < 1.29 is 4.79 Å². The average molecular weight is 410 g/mol. The number of nitrogens with zero attached hydrogens (tertiary/aromatic N) is 1. The van der Waals surface area contributed by atoms with E-state index in [1.807, 2.05) is 12.3 Å². The van der Waals surface area contributed by atoms with Crippen LogP contribution in [0.3, 0.4) is 0 Å². The maximum absolute atomic E-state index is 12.0. The van der Waals surface area contributed by atoms with Crippen LogP contribution in [0, 0.1) is 0 Å². The van der Waals surface area contributed by atoms with Gasteiger partial charge in [0.15, 0.2) is 0 Å². The van der Waals surface area contributed by atoms with E-state index < -0.39 is 0 Å². The predicted octanol–water partition coefficient (Wildman–Crippen LogP) is 4.22. The minimum atomic E-state index is -0.0860. The maximum Gasteiger partial charge on any atom is 0.253 e. The molecular formula is C11H10Br2N2OS2. The number of carbonyl (C=O) groups excluding carboxylic acids is 1. The van der Waals surface area contributed by atoms with Gasteiger partial charge in [0.25, 0.3) is 5.91 Å². The molecule has 1 amide bonds. The molecule has 0 aliphatic heterocycles. The first-order valence-electron chi connectivity index (χ1n) is 5.26. The Morgan fingerprint density at radius 3 is 2.78 bits per heavy atom. The number of halogens is 2. The Kier molecular flexibility index (Phi) is 4.94. The van der Waals surface area contributed by atoms with E-state index in [0.29, 0.717) is 12.1 Å². The van der Waals surface area contributed by atoms with Crippen molar-refractivity contribution >= 4 is 60.4 Å². The molecule has 2 heterocycles. The second-order valence-electron chi connectivity index (χ2n) is 3.49. The third kappa shape index (κ3) is 3.40. The van der Waals surface area contributed by atoms with Crippen molar-refractivity contribution in [3.63, 3.8) is 0 Å². The molecule has 96 valence electrons. The number of amides is 1. The Morgan fingerprint density at radius 2 is 2.22 bits per heavy atom. The Bertz CT molecular complexity index is 565. The van der Waals surface area contributed by atoms with Gasteiger partial charge in [-0.05, 0) is 44.3 Å². The molecule has 3 nitrogen and oxygen atoms in total. The predicted molar refractivity (Wildman–Crippen MR) is 82.4 cm³/mol. The summed E-state index contributed by atoms with van der Waals surface area (Å²) in [5, 5.41) is 3.81. The van der Waals surface area contributed by atoms with Crippen LogP contribution >= 0.6 is 54.5 Å².